The van der Waals surface area contributed by atoms with Crippen LogP contribution in [0.15, 0.2) is 78.9 Å². The third-order valence-corrected chi connectivity index (χ3v) is 18.9. The summed E-state index contributed by atoms with van der Waals surface area (Å²) >= 11 is 14.1. The Kier molecular flexibility index (Phi) is 23.7. The number of primary amides is 1. The number of carbonyl (C=O) groups is 9. The standard InChI is InChI=1S/C68H75Cl2F3N10O24/c1-23(2)12-34(76-5)58(93)82-49-51(88)26-7-10-38(32(69)14-26)103-40-16-28-17-41(55(40)107-65-56(106-44-21-67(4,75)57(92)24(3)102-44)54(91)53(90)42(105-65)22-77-66(101)68(71,72)73)104-39-11-8-27(15-33(39)70)52(89)50-63(98)81-48(64(99)100)31-18-29(84)19-37(86)45(31)30-13-25(6-9-36(30)85)46(60(95)83-50)80-61(96)47(28)79-59(94)35(20-43(74)87)78-62(49)97/h6-11,13-19,23-24,34-35,42,44,46-54,56-57,65,76,84-86,88-92H,12,20-22,75H2,1-5H3,(H2,74,87)(H,77,101)(H,78,97)(H,79,94)(H,80,96)(H,81,98)(H,82,93)(H,83,95)(H,99,100)/t24?,34-,35+,42?,44?,46-,47-,48-,49-,50+,51-,52-,53?,54?,56?,57?,65?,67?/m1/s1. The van der Waals surface area contributed by atoms with Crippen LogP contribution in [0.2, 0.25) is 10.0 Å². The summed E-state index contributed by atoms with van der Waals surface area (Å²) in [7, 11) is 1.44. The highest BCUT2D eigenvalue weighted by molar-refractivity contribution is 6.32. The largest absolute Gasteiger partial charge is 0.508 e. The van der Waals surface area contributed by atoms with Gasteiger partial charge in [-0.3, -0.25) is 38.4 Å². The van der Waals surface area contributed by atoms with Crippen LogP contribution in [0.25, 0.3) is 11.1 Å². The number of carbonyl (C=O) groups excluding carboxylic acids is 8. The molecule has 0 aliphatic carbocycles. The molecule has 7 heterocycles. The maximum Gasteiger partial charge on any atom is 0.471 e. The van der Waals surface area contributed by atoms with E-state index in [0.717, 1.165) is 78.9 Å². The predicted molar refractivity (Wildman–Crippen MR) is 361 cm³/mol. The first kappa shape index (κ1) is 79.7. The van der Waals surface area contributed by atoms with Gasteiger partial charge in [0.05, 0.1) is 34.7 Å². The van der Waals surface area contributed by atoms with E-state index in [9.17, 15) is 87.9 Å². The second kappa shape index (κ2) is 31.9. The molecule has 12 rings (SSSR count). The minimum atomic E-state index is -5.51. The summed E-state index contributed by atoms with van der Waals surface area (Å²) in [5.41, 5.74) is 7.39. The molecular weight excluding hydrogens is 1470 g/mol. The summed E-state index contributed by atoms with van der Waals surface area (Å²) in [5.74, 6) is -19.9. The van der Waals surface area contributed by atoms with Crippen molar-refractivity contribution in [2.24, 2.45) is 17.4 Å². The number of hydrogen-bond acceptors (Lipinski definition) is 25. The fourth-order valence-electron chi connectivity index (χ4n) is 12.8. The van der Waals surface area contributed by atoms with Gasteiger partial charge in [-0.25, -0.2) is 4.79 Å². The molecule has 0 radical (unpaired) electrons. The van der Waals surface area contributed by atoms with Crippen molar-refractivity contribution in [3.05, 3.63) is 117 Å². The molecule has 0 saturated carbocycles. The molecule has 18 atom stereocenters. The number of aliphatic carboxylic acids is 1. The number of amides is 8. The van der Waals surface area contributed by atoms with Gasteiger partial charge >= 0.3 is 18.1 Å². The number of benzene rings is 5. The number of phenols is 3. The molecule has 39 heteroatoms. The number of likely N-dealkylation sites (N-methyl/N-ethyl adjacent to an activating group) is 1. The summed E-state index contributed by atoms with van der Waals surface area (Å²) in [6, 6.07) is -2.08. The fourth-order valence-corrected chi connectivity index (χ4v) is 13.3. The van der Waals surface area contributed by atoms with E-state index in [1.54, 1.807) is 19.2 Å². The third kappa shape index (κ3) is 17.4. The van der Waals surface area contributed by atoms with Gasteiger partial charge in [0.1, 0.15) is 89.5 Å². The van der Waals surface area contributed by atoms with Crippen LogP contribution in [0.5, 0.6) is 46.0 Å². The van der Waals surface area contributed by atoms with Gasteiger partial charge in [-0.15, -0.1) is 0 Å². The maximum atomic E-state index is 16.1. The number of rotatable bonds is 14. The highest BCUT2D eigenvalue weighted by Gasteiger charge is 2.52. The van der Waals surface area contributed by atoms with E-state index in [0.29, 0.717) is 0 Å². The minimum Gasteiger partial charge on any atom is -0.508 e. The molecule has 5 aromatic carbocycles. The monoisotopic (exact) mass is 1540 g/mol. The second-order valence-corrected chi connectivity index (χ2v) is 27.6. The van der Waals surface area contributed by atoms with Gasteiger partial charge < -0.3 is 128 Å². The lowest BCUT2D eigenvalue weighted by atomic mass is 9.86. The van der Waals surface area contributed by atoms with Crippen molar-refractivity contribution in [3.63, 3.8) is 0 Å². The molecule has 7 aliphatic rings. The van der Waals surface area contributed by atoms with E-state index in [1.165, 1.54) is 20.9 Å². The third-order valence-electron chi connectivity index (χ3n) is 18.3. The van der Waals surface area contributed by atoms with Crippen LogP contribution in [0, 0.1) is 5.92 Å². The Morgan fingerprint density at radius 2 is 1.32 bits per heavy atom. The van der Waals surface area contributed by atoms with Gasteiger partial charge in [-0.1, -0.05) is 55.2 Å². The molecule has 5 aromatic rings. The molecule has 107 heavy (non-hydrogen) atoms. The summed E-state index contributed by atoms with van der Waals surface area (Å²) in [4.78, 5) is 129. The molecule has 34 nitrogen and oxygen atoms in total. The van der Waals surface area contributed by atoms with E-state index in [2.05, 4.69) is 37.2 Å². The van der Waals surface area contributed by atoms with Crippen LogP contribution in [-0.4, -0.2) is 198 Å². The minimum absolute atomic E-state index is 0.139. The number of alkyl halides is 3. The van der Waals surface area contributed by atoms with Crippen LogP contribution in [0.3, 0.4) is 0 Å². The first-order chi connectivity index (χ1) is 50.2. The SMILES string of the molecule is CN[C@H](CC(C)C)C(=O)N[C@H]1C(=O)N[C@@H](CC(N)=O)C(=O)N[C@H]2C(=O)N[C@H]3C(=O)N[C@H](C(=O)N[C@@H](C(=O)O)c4cc(O)cc(O)c4-c4cc3ccc4O)[C@H](O)c3ccc(c(Cl)c3)Oc3cc2cc(c3OC2OC(CNC(=O)C(F)(F)F)C(O)C(O)C2OC2CC(C)(N)C(O)C(C)O2)Oc2ccc(cc2Cl)[C@H]1O. The van der Waals surface area contributed by atoms with E-state index < -0.39 is 265 Å². The van der Waals surface area contributed by atoms with Crippen molar-refractivity contribution in [1.29, 1.82) is 0 Å². The molecular formula is C68H75Cl2F3N10O24. The number of aliphatic hydroxyl groups is 5. The number of fused-ring (bicyclic) bond motifs is 15. The van der Waals surface area contributed by atoms with E-state index in [4.69, 9.17) is 63.1 Å². The van der Waals surface area contributed by atoms with Crippen molar-refractivity contribution in [1.82, 2.24) is 42.5 Å². The van der Waals surface area contributed by atoms with E-state index in [-0.39, 0.29) is 29.9 Å². The number of hydrogen-bond donors (Lipinski definition) is 19. The lowest BCUT2D eigenvalue weighted by Gasteiger charge is -2.47. The second-order valence-electron chi connectivity index (χ2n) is 26.7. The number of nitrogens with two attached hydrogens (primary N) is 2. The highest BCUT2D eigenvalue weighted by atomic mass is 35.5. The van der Waals surface area contributed by atoms with Crippen LogP contribution in [0.1, 0.15) is 105 Å². The van der Waals surface area contributed by atoms with Gasteiger partial charge in [0.15, 0.2) is 29.9 Å². The Morgan fingerprint density at radius 1 is 0.720 bits per heavy atom. The number of aromatic hydroxyl groups is 3. The van der Waals surface area contributed by atoms with Crippen molar-refractivity contribution in [3.8, 4) is 57.1 Å². The number of ether oxygens (including phenoxy) is 6. The van der Waals surface area contributed by atoms with Gasteiger partial charge in [-0.2, -0.15) is 13.2 Å². The number of halogens is 5. The predicted octanol–water partition coefficient (Wildman–Crippen LogP) is 0.792. The number of aliphatic hydroxyl groups excluding tert-OH is 5. The molecule has 0 spiro atoms. The fraction of sp³-hybridized carbons (Fsp3) is 0.426. The molecule has 8 amide bonds. The number of carboxylic acids is 1. The molecule has 9 unspecified atom stereocenters. The average molecular weight is 1540 g/mol. The molecule has 0 aromatic heterocycles. The smallest absolute Gasteiger partial charge is 0.471 e. The lowest BCUT2D eigenvalue weighted by molar-refractivity contribution is -0.330. The Labute approximate surface area is 614 Å². The topological polar surface area (TPSA) is 539 Å². The molecule has 11 bridgehead atoms. The van der Waals surface area contributed by atoms with Crippen molar-refractivity contribution in [2.75, 3.05) is 13.6 Å². The maximum absolute atomic E-state index is 16.1. The Bertz CT molecular complexity index is 4330. The van der Waals surface area contributed by atoms with Crippen LogP contribution in [0.4, 0.5) is 13.2 Å². The van der Waals surface area contributed by atoms with Crippen LogP contribution < -0.4 is 68.2 Å². The van der Waals surface area contributed by atoms with Crippen molar-refractivity contribution in [2.45, 2.75) is 162 Å². The zero-order valence-corrected chi connectivity index (χ0v) is 58.4. The summed E-state index contributed by atoms with van der Waals surface area (Å²) in [6.45, 7) is 5.17. The molecule has 2 saturated heterocycles. The first-order valence-corrected chi connectivity index (χ1v) is 33.7. The zero-order valence-electron chi connectivity index (χ0n) is 56.9. The van der Waals surface area contributed by atoms with Gasteiger partial charge in [0, 0.05) is 41.3 Å². The quantitative estimate of drug-likeness (QED) is 0.0731. The lowest BCUT2D eigenvalue weighted by Crippen LogP contribution is -2.65. The van der Waals surface area contributed by atoms with Gasteiger partial charge in [0.2, 0.25) is 53.4 Å². The van der Waals surface area contributed by atoms with E-state index in [1.807, 2.05) is 0 Å². The highest BCUT2D eigenvalue weighted by Crippen LogP contribution is 2.50. The van der Waals surface area contributed by atoms with Gasteiger partial charge in [0.25, 0.3) is 0 Å². The Morgan fingerprint density at radius 3 is 1.90 bits per heavy atom. The summed E-state index contributed by atoms with van der Waals surface area (Å²) < 4.78 is 79.4. The molecule has 21 N–H and O–H groups in total. The number of nitrogens with one attached hydrogen (secondary N) is 8. The summed E-state index contributed by atoms with van der Waals surface area (Å²) in [5, 5.41) is 122. The van der Waals surface area contributed by atoms with Crippen molar-refractivity contribution >= 4 is 76.4 Å². The molecule has 576 valence electrons. The Balaban J connectivity index is 1.25. The molecule has 2 fully saturated rings. The zero-order chi connectivity index (χ0) is 78.3. The van der Waals surface area contributed by atoms with Crippen LogP contribution >= 0.6 is 23.2 Å². The Hall–Kier alpha value is -9.90. The number of phenolic OH excluding ortho intramolecular Hbond substituents is 3. The first-order valence-electron chi connectivity index (χ1n) is 32.9. The summed E-state index contributed by atoms with van der Waals surface area (Å²) in [6.07, 6.45) is -26.5. The van der Waals surface area contributed by atoms with E-state index >= 15 is 14.4 Å². The van der Waals surface area contributed by atoms with Crippen LogP contribution in [-0.2, 0) is 57.4 Å². The normalized spacial score (nSPS) is 28.6. The average Bonchev–Trinajstić information content (AvgIpc) is 0.771. The van der Waals surface area contributed by atoms with Crippen molar-refractivity contribution < 1.29 is 131 Å². The number of carboxylic acid groups (broad SMARTS) is 1. The molecule has 7 aliphatic heterocycles. The van der Waals surface area contributed by atoms with Gasteiger partial charge in [-0.05, 0) is 110 Å².